The Bertz CT molecular complexity index is 919. The van der Waals surface area contributed by atoms with Crippen molar-refractivity contribution in [3.05, 3.63) is 56.4 Å². The molecule has 7 heteroatoms. The van der Waals surface area contributed by atoms with Crippen LogP contribution in [0.4, 0.5) is 5.69 Å². The van der Waals surface area contributed by atoms with Gasteiger partial charge in [0.2, 0.25) is 0 Å². The van der Waals surface area contributed by atoms with E-state index in [9.17, 15) is 9.59 Å². The van der Waals surface area contributed by atoms with Gasteiger partial charge < -0.3 is 15.3 Å². The number of aromatic amines is 2. The Morgan fingerprint density at radius 2 is 1.90 bits per heavy atom. The van der Waals surface area contributed by atoms with Gasteiger partial charge in [-0.05, 0) is 25.1 Å². The van der Waals surface area contributed by atoms with E-state index in [1.165, 1.54) is 0 Å². The second-order valence-corrected chi connectivity index (χ2v) is 4.90. The van der Waals surface area contributed by atoms with Gasteiger partial charge in [-0.1, -0.05) is 0 Å². The SMILES string of the molecule is Cc1c(CNc2ccc3[nH]c(=O)c(=O)[nH]c3c2)cnn1C. The van der Waals surface area contributed by atoms with Crippen molar-refractivity contribution in [3.63, 3.8) is 0 Å². The molecule has 0 unspecified atom stereocenters. The van der Waals surface area contributed by atoms with Crippen LogP contribution in [0.2, 0.25) is 0 Å². The van der Waals surface area contributed by atoms with Crippen molar-refractivity contribution < 1.29 is 0 Å². The van der Waals surface area contributed by atoms with Crippen LogP contribution in [0.15, 0.2) is 34.0 Å². The number of H-pyrrole nitrogens is 2. The summed E-state index contributed by atoms with van der Waals surface area (Å²) in [5, 5.41) is 7.46. The third-order valence-electron chi connectivity index (χ3n) is 3.54. The molecule has 2 heterocycles. The Kier molecular flexibility index (Phi) is 3.09. The van der Waals surface area contributed by atoms with Crippen LogP contribution in [0.25, 0.3) is 11.0 Å². The van der Waals surface area contributed by atoms with Gasteiger partial charge in [0, 0.05) is 30.5 Å². The van der Waals surface area contributed by atoms with E-state index in [0.717, 1.165) is 16.9 Å². The second-order valence-electron chi connectivity index (χ2n) is 4.90. The number of nitrogens with one attached hydrogen (secondary N) is 3. The van der Waals surface area contributed by atoms with E-state index < -0.39 is 11.1 Å². The van der Waals surface area contributed by atoms with Crippen LogP contribution >= 0.6 is 0 Å². The fourth-order valence-electron chi connectivity index (χ4n) is 2.14. The van der Waals surface area contributed by atoms with Crippen LogP contribution < -0.4 is 16.4 Å². The highest BCUT2D eigenvalue weighted by Gasteiger charge is 2.04. The Morgan fingerprint density at radius 3 is 2.57 bits per heavy atom. The number of anilines is 1. The summed E-state index contributed by atoms with van der Waals surface area (Å²) in [6.45, 7) is 2.64. The molecule has 1 aromatic carbocycles. The maximum Gasteiger partial charge on any atom is 0.314 e. The molecule has 0 aliphatic heterocycles. The Balaban J connectivity index is 1.88. The molecule has 0 aliphatic rings. The van der Waals surface area contributed by atoms with Crippen LogP contribution in [0, 0.1) is 6.92 Å². The molecule has 0 saturated heterocycles. The molecule has 0 aliphatic carbocycles. The van der Waals surface area contributed by atoms with Gasteiger partial charge in [0.05, 0.1) is 17.2 Å². The van der Waals surface area contributed by atoms with E-state index in [2.05, 4.69) is 20.4 Å². The molecule has 2 aromatic heterocycles. The highest BCUT2D eigenvalue weighted by Crippen LogP contribution is 2.15. The third-order valence-corrected chi connectivity index (χ3v) is 3.54. The summed E-state index contributed by atoms with van der Waals surface area (Å²) in [4.78, 5) is 27.7. The molecule has 0 bridgehead atoms. The molecule has 3 N–H and O–H groups in total. The van der Waals surface area contributed by atoms with Crippen LogP contribution in [0.5, 0.6) is 0 Å². The van der Waals surface area contributed by atoms with Crippen molar-refractivity contribution in [2.24, 2.45) is 7.05 Å². The summed E-state index contributed by atoms with van der Waals surface area (Å²) < 4.78 is 1.82. The topological polar surface area (TPSA) is 95.6 Å². The van der Waals surface area contributed by atoms with E-state index >= 15 is 0 Å². The van der Waals surface area contributed by atoms with Gasteiger partial charge in [-0.3, -0.25) is 14.3 Å². The minimum Gasteiger partial charge on any atom is -0.381 e. The minimum absolute atomic E-state index is 0.590. The fourth-order valence-corrected chi connectivity index (χ4v) is 2.14. The predicted octanol–water partition coefficient (Wildman–Crippen LogP) is 0.870. The average molecular weight is 285 g/mol. The molecule has 0 amide bonds. The van der Waals surface area contributed by atoms with E-state index in [0.29, 0.717) is 17.6 Å². The molecular weight excluding hydrogens is 270 g/mol. The van der Waals surface area contributed by atoms with E-state index in [-0.39, 0.29) is 0 Å². The number of aromatic nitrogens is 4. The number of aryl methyl sites for hydroxylation is 1. The smallest absolute Gasteiger partial charge is 0.314 e. The van der Waals surface area contributed by atoms with E-state index in [1.807, 2.05) is 30.9 Å². The molecule has 3 rings (SSSR count). The van der Waals surface area contributed by atoms with Crippen molar-refractivity contribution in [2.75, 3.05) is 5.32 Å². The Morgan fingerprint density at radius 1 is 1.19 bits per heavy atom. The zero-order valence-corrected chi connectivity index (χ0v) is 11.7. The first-order valence-corrected chi connectivity index (χ1v) is 6.52. The van der Waals surface area contributed by atoms with Crippen molar-refractivity contribution in [1.82, 2.24) is 19.7 Å². The maximum absolute atomic E-state index is 11.3. The predicted molar refractivity (Wildman–Crippen MR) is 80.5 cm³/mol. The lowest BCUT2D eigenvalue weighted by molar-refractivity contribution is 0.738. The van der Waals surface area contributed by atoms with Crippen molar-refractivity contribution in [3.8, 4) is 0 Å². The van der Waals surface area contributed by atoms with Crippen LogP contribution in [-0.2, 0) is 13.6 Å². The van der Waals surface area contributed by atoms with E-state index in [1.54, 1.807) is 12.1 Å². The van der Waals surface area contributed by atoms with Crippen LogP contribution in [0.3, 0.4) is 0 Å². The first-order valence-electron chi connectivity index (χ1n) is 6.52. The second kappa shape index (κ2) is 4.93. The Labute approximate surface area is 119 Å². The maximum atomic E-state index is 11.3. The summed E-state index contributed by atoms with van der Waals surface area (Å²) in [5.74, 6) is 0. The van der Waals surface area contributed by atoms with Gasteiger partial charge in [-0.15, -0.1) is 0 Å². The average Bonchev–Trinajstić information content (AvgIpc) is 2.78. The van der Waals surface area contributed by atoms with Crippen LogP contribution in [0.1, 0.15) is 11.3 Å². The lowest BCUT2D eigenvalue weighted by atomic mass is 10.2. The highest BCUT2D eigenvalue weighted by molar-refractivity contribution is 5.78. The first-order chi connectivity index (χ1) is 10.0. The lowest BCUT2D eigenvalue weighted by Gasteiger charge is -2.07. The lowest BCUT2D eigenvalue weighted by Crippen LogP contribution is -2.28. The minimum atomic E-state index is -0.650. The van der Waals surface area contributed by atoms with Crippen LogP contribution in [-0.4, -0.2) is 19.7 Å². The molecule has 21 heavy (non-hydrogen) atoms. The van der Waals surface area contributed by atoms with Gasteiger partial charge in [0.25, 0.3) is 0 Å². The molecule has 0 radical (unpaired) electrons. The molecule has 0 saturated carbocycles. The number of nitrogens with zero attached hydrogens (tertiary/aromatic N) is 2. The first kappa shape index (κ1) is 13.2. The Hall–Kier alpha value is -2.83. The monoisotopic (exact) mass is 285 g/mol. The third kappa shape index (κ3) is 2.45. The number of rotatable bonds is 3. The van der Waals surface area contributed by atoms with Gasteiger partial charge >= 0.3 is 11.1 Å². The number of benzene rings is 1. The summed E-state index contributed by atoms with van der Waals surface area (Å²) in [7, 11) is 1.90. The number of hydrogen-bond acceptors (Lipinski definition) is 4. The van der Waals surface area contributed by atoms with Crippen molar-refractivity contribution >= 4 is 16.7 Å². The standard InChI is InChI=1S/C14H15N5O2/c1-8-9(7-16-19(8)2)6-15-10-3-4-11-12(5-10)18-14(21)13(20)17-11/h3-5,7,15H,6H2,1-2H3,(H,17,20)(H,18,21). The van der Waals surface area contributed by atoms with Gasteiger partial charge in [0.15, 0.2) is 0 Å². The summed E-state index contributed by atoms with van der Waals surface area (Å²) in [5.41, 5.74) is 2.95. The summed E-state index contributed by atoms with van der Waals surface area (Å²) in [6.07, 6.45) is 1.82. The normalized spacial score (nSPS) is 11.0. The molecule has 0 atom stereocenters. The molecule has 3 aromatic rings. The number of fused-ring (bicyclic) bond motifs is 1. The summed E-state index contributed by atoms with van der Waals surface area (Å²) in [6, 6.07) is 5.39. The zero-order valence-electron chi connectivity index (χ0n) is 11.7. The van der Waals surface area contributed by atoms with Gasteiger partial charge in [-0.25, -0.2) is 0 Å². The highest BCUT2D eigenvalue weighted by atomic mass is 16.2. The van der Waals surface area contributed by atoms with Gasteiger partial charge in [-0.2, -0.15) is 5.10 Å². The van der Waals surface area contributed by atoms with E-state index in [4.69, 9.17) is 0 Å². The summed E-state index contributed by atoms with van der Waals surface area (Å²) >= 11 is 0. The van der Waals surface area contributed by atoms with Crippen molar-refractivity contribution in [1.29, 1.82) is 0 Å². The zero-order chi connectivity index (χ0) is 15.0. The quantitative estimate of drug-likeness (QED) is 0.622. The molecule has 108 valence electrons. The molecular formula is C14H15N5O2. The fraction of sp³-hybridized carbons (Fsp3) is 0.214. The number of hydrogen-bond donors (Lipinski definition) is 3. The molecule has 0 spiro atoms. The molecule has 0 fully saturated rings. The molecule has 7 nitrogen and oxygen atoms in total. The van der Waals surface area contributed by atoms with Gasteiger partial charge in [0.1, 0.15) is 0 Å². The largest absolute Gasteiger partial charge is 0.381 e. The van der Waals surface area contributed by atoms with Crippen molar-refractivity contribution in [2.45, 2.75) is 13.5 Å².